The number of aromatic nitrogens is 2. The van der Waals surface area contributed by atoms with Gasteiger partial charge < -0.3 is 4.98 Å². The molecule has 0 radical (unpaired) electrons. The summed E-state index contributed by atoms with van der Waals surface area (Å²) in [6.07, 6.45) is 0. The first kappa shape index (κ1) is 21.5. The SMILES string of the molecule is Cc1ccccc1-c1cc(-c2c(-c3ccccc3)c3cc(Br)ccc3[nH]c2=O)nc2ccccc12. The third-order valence-corrected chi connectivity index (χ3v) is 6.94. The lowest BCUT2D eigenvalue weighted by Gasteiger charge is -2.16. The van der Waals surface area contributed by atoms with Gasteiger partial charge in [0, 0.05) is 26.3 Å². The summed E-state index contributed by atoms with van der Waals surface area (Å²) in [7, 11) is 0. The van der Waals surface area contributed by atoms with Crippen LogP contribution in [0.5, 0.6) is 0 Å². The van der Waals surface area contributed by atoms with E-state index < -0.39 is 0 Å². The Morgan fingerprint density at radius 1 is 0.714 bits per heavy atom. The number of nitrogens with zero attached hydrogens (tertiary/aromatic N) is 1. The van der Waals surface area contributed by atoms with Crippen LogP contribution in [0.3, 0.4) is 0 Å². The highest BCUT2D eigenvalue weighted by molar-refractivity contribution is 9.10. The Hall–Kier alpha value is -4.02. The summed E-state index contributed by atoms with van der Waals surface area (Å²) in [6, 6.07) is 34.5. The second-order valence-corrected chi connectivity index (χ2v) is 9.56. The molecule has 0 saturated carbocycles. The number of aryl methyl sites for hydroxylation is 1. The van der Waals surface area contributed by atoms with Crippen molar-refractivity contribution in [2.75, 3.05) is 0 Å². The molecular weight excluding hydrogens is 496 g/mol. The molecule has 35 heavy (non-hydrogen) atoms. The first-order valence-corrected chi connectivity index (χ1v) is 12.3. The normalized spacial score (nSPS) is 11.3. The minimum atomic E-state index is -0.155. The van der Waals surface area contributed by atoms with Crippen LogP contribution < -0.4 is 5.56 Å². The largest absolute Gasteiger partial charge is 0.321 e. The van der Waals surface area contributed by atoms with E-state index in [1.807, 2.05) is 72.8 Å². The monoisotopic (exact) mass is 516 g/mol. The summed E-state index contributed by atoms with van der Waals surface area (Å²) in [5.74, 6) is 0. The minimum absolute atomic E-state index is 0.155. The second kappa shape index (κ2) is 8.64. The number of nitrogens with one attached hydrogen (secondary N) is 1. The molecule has 0 aliphatic heterocycles. The van der Waals surface area contributed by atoms with Crippen LogP contribution in [0, 0.1) is 6.92 Å². The highest BCUT2D eigenvalue weighted by Gasteiger charge is 2.20. The third kappa shape index (κ3) is 3.76. The van der Waals surface area contributed by atoms with Crippen molar-refractivity contribution in [3.63, 3.8) is 0 Å². The van der Waals surface area contributed by atoms with Gasteiger partial charge in [0.05, 0.1) is 16.8 Å². The van der Waals surface area contributed by atoms with E-state index in [2.05, 4.69) is 58.2 Å². The molecule has 0 atom stereocenters. The molecule has 1 N–H and O–H groups in total. The molecule has 4 aromatic carbocycles. The van der Waals surface area contributed by atoms with E-state index in [0.717, 1.165) is 48.5 Å². The van der Waals surface area contributed by atoms with Gasteiger partial charge in [-0.3, -0.25) is 4.79 Å². The predicted octanol–water partition coefficient (Wildman–Crippen LogP) is 8.15. The summed E-state index contributed by atoms with van der Waals surface area (Å²) in [5.41, 5.74) is 7.95. The van der Waals surface area contributed by atoms with Crippen molar-refractivity contribution in [1.29, 1.82) is 0 Å². The summed E-state index contributed by atoms with van der Waals surface area (Å²) < 4.78 is 0.951. The lowest BCUT2D eigenvalue weighted by molar-refractivity contribution is 1.28. The van der Waals surface area contributed by atoms with E-state index in [9.17, 15) is 4.79 Å². The molecule has 0 saturated heterocycles. The maximum absolute atomic E-state index is 13.7. The fraction of sp³-hybridized carbons (Fsp3) is 0.0323. The van der Waals surface area contributed by atoms with Gasteiger partial charge in [0.25, 0.3) is 5.56 Å². The zero-order valence-corrected chi connectivity index (χ0v) is 20.6. The average Bonchev–Trinajstić information content (AvgIpc) is 2.88. The zero-order valence-electron chi connectivity index (χ0n) is 19.0. The van der Waals surface area contributed by atoms with E-state index in [1.165, 1.54) is 5.56 Å². The van der Waals surface area contributed by atoms with Gasteiger partial charge in [-0.1, -0.05) is 88.7 Å². The van der Waals surface area contributed by atoms with Crippen LogP contribution in [0.4, 0.5) is 0 Å². The molecule has 0 bridgehead atoms. The molecule has 4 heteroatoms. The number of para-hydroxylation sites is 1. The fourth-order valence-corrected chi connectivity index (χ4v) is 5.18. The van der Waals surface area contributed by atoms with Crippen molar-refractivity contribution in [3.05, 3.63) is 124 Å². The van der Waals surface area contributed by atoms with Crippen LogP contribution >= 0.6 is 15.9 Å². The lowest BCUT2D eigenvalue weighted by Crippen LogP contribution is -2.12. The molecule has 0 aliphatic carbocycles. The quantitative estimate of drug-likeness (QED) is 0.258. The molecule has 2 aromatic heterocycles. The standard InChI is InChI=1S/C31H21BrN2O/c1-19-9-5-6-12-22(19)24-18-28(33-26-14-8-7-13-23(24)26)30-29(20-10-3-2-4-11-20)25-17-21(32)15-16-27(25)34-31(30)35/h2-18H,1H3,(H,34,35). The number of benzene rings is 4. The Bertz CT molecular complexity index is 1790. The van der Waals surface area contributed by atoms with Gasteiger partial charge in [-0.2, -0.15) is 0 Å². The van der Waals surface area contributed by atoms with Gasteiger partial charge in [-0.05, 0) is 59.5 Å². The molecular formula is C31H21BrN2O. The first-order chi connectivity index (χ1) is 17.1. The van der Waals surface area contributed by atoms with E-state index in [1.54, 1.807) is 0 Å². The summed E-state index contributed by atoms with van der Waals surface area (Å²) in [5, 5.41) is 2.03. The Balaban J connectivity index is 1.76. The van der Waals surface area contributed by atoms with E-state index >= 15 is 0 Å². The minimum Gasteiger partial charge on any atom is -0.321 e. The van der Waals surface area contributed by atoms with Gasteiger partial charge >= 0.3 is 0 Å². The van der Waals surface area contributed by atoms with Crippen molar-refractivity contribution in [2.24, 2.45) is 0 Å². The molecule has 6 aromatic rings. The van der Waals surface area contributed by atoms with Gasteiger partial charge in [0.15, 0.2) is 0 Å². The molecule has 0 spiro atoms. The zero-order chi connectivity index (χ0) is 23.9. The number of hydrogen-bond acceptors (Lipinski definition) is 2. The summed E-state index contributed by atoms with van der Waals surface area (Å²) in [6.45, 7) is 2.11. The van der Waals surface area contributed by atoms with E-state index in [-0.39, 0.29) is 5.56 Å². The van der Waals surface area contributed by atoms with Crippen molar-refractivity contribution < 1.29 is 0 Å². The maximum Gasteiger partial charge on any atom is 0.258 e. The molecule has 0 unspecified atom stereocenters. The Morgan fingerprint density at radius 2 is 1.46 bits per heavy atom. The summed E-state index contributed by atoms with van der Waals surface area (Å²) in [4.78, 5) is 21.8. The molecule has 0 fully saturated rings. The van der Waals surface area contributed by atoms with Crippen LogP contribution in [0.15, 0.2) is 112 Å². The van der Waals surface area contributed by atoms with Crippen LogP contribution in [-0.2, 0) is 0 Å². The molecule has 0 aliphatic rings. The van der Waals surface area contributed by atoms with Crippen LogP contribution in [-0.4, -0.2) is 9.97 Å². The van der Waals surface area contributed by atoms with Gasteiger partial charge in [-0.25, -0.2) is 4.98 Å². The van der Waals surface area contributed by atoms with Crippen molar-refractivity contribution in [3.8, 4) is 33.5 Å². The Kier molecular flexibility index (Phi) is 5.31. The first-order valence-electron chi connectivity index (χ1n) is 11.5. The number of aromatic amines is 1. The number of fused-ring (bicyclic) bond motifs is 2. The third-order valence-electron chi connectivity index (χ3n) is 6.45. The van der Waals surface area contributed by atoms with E-state index in [0.29, 0.717) is 11.3 Å². The van der Waals surface area contributed by atoms with Crippen LogP contribution in [0.25, 0.3) is 55.3 Å². The average molecular weight is 517 g/mol. The highest BCUT2D eigenvalue weighted by Crippen LogP contribution is 2.39. The number of hydrogen-bond donors (Lipinski definition) is 1. The topological polar surface area (TPSA) is 45.8 Å². The van der Waals surface area contributed by atoms with E-state index in [4.69, 9.17) is 4.98 Å². The maximum atomic E-state index is 13.7. The molecule has 168 valence electrons. The number of halogens is 1. The fourth-order valence-electron chi connectivity index (χ4n) is 4.82. The predicted molar refractivity (Wildman–Crippen MR) is 149 cm³/mol. The van der Waals surface area contributed by atoms with Gasteiger partial charge in [0.2, 0.25) is 0 Å². The van der Waals surface area contributed by atoms with Crippen LogP contribution in [0.2, 0.25) is 0 Å². The van der Waals surface area contributed by atoms with Gasteiger partial charge in [-0.15, -0.1) is 0 Å². The molecule has 0 amide bonds. The lowest BCUT2D eigenvalue weighted by atomic mass is 9.91. The second-order valence-electron chi connectivity index (χ2n) is 8.65. The Labute approximate surface area is 211 Å². The highest BCUT2D eigenvalue weighted by atomic mass is 79.9. The molecule has 2 heterocycles. The number of rotatable bonds is 3. The Morgan fingerprint density at radius 3 is 2.29 bits per heavy atom. The van der Waals surface area contributed by atoms with Crippen molar-refractivity contribution in [2.45, 2.75) is 6.92 Å². The van der Waals surface area contributed by atoms with Crippen molar-refractivity contribution in [1.82, 2.24) is 9.97 Å². The number of H-pyrrole nitrogens is 1. The van der Waals surface area contributed by atoms with Crippen molar-refractivity contribution >= 4 is 37.7 Å². The van der Waals surface area contributed by atoms with Crippen LogP contribution in [0.1, 0.15) is 5.56 Å². The molecule has 3 nitrogen and oxygen atoms in total. The van der Waals surface area contributed by atoms with Gasteiger partial charge in [0.1, 0.15) is 0 Å². The molecule has 6 rings (SSSR count). The number of pyridine rings is 2. The summed E-state index contributed by atoms with van der Waals surface area (Å²) >= 11 is 3.61. The smallest absolute Gasteiger partial charge is 0.258 e.